The van der Waals surface area contributed by atoms with Crippen molar-refractivity contribution >= 4 is 28.9 Å². The third kappa shape index (κ3) is 2.79. The Bertz CT molecular complexity index is 651. The fraction of sp³-hybridized carbons (Fsp3) is 0.0769. The zero-order valence-electron chi connectivity index (χ0n) is 9.94. The lowest BCUT2D eigenvalue weighted by molar-refractivity contribution is 0.0697. The number of nitrogens with one attached hydrogen (secondary N) is 1. The maximum absolute atomic E-state index is 13.0. The van der Waals surface area contributed by atoms with Crippen LogP contribution in [0.3, 0.4) is 0 Å². The second-order valence-electron chi connectivity index (χ2n) is 3.92. The van der Waals surface area contributed by atoms with E-state index in [1.54, 1.807) is 12.3 Å². The molecule has 0 fully saturated rings. The number of carbonyl (C=O) groups is 2. The topological polar surface area (TPSA) is 66.4 Å². The van der Waals surface area contributed by atoms with Gasteiger partial charge >= 0.3 is 5.97 Å². The normalized spacial score (nSPS) is 10.2. The molecule has 0 saturated carbocycles. The van der Waals surface area contributed by atoms with Crippen LogP contribution in [0.2, 0.25) is 0 Å². The van der Waals surface area contributed by atoms with Crippen LogP contribution < -0.4 is 5.32 Å². The number of aryl methyl sites for hydroxylation is 1. The van der Waals surface area contributed by atoms with Crippen molar-refractivity contribution in [1.82, 2.24) is 0 Å². The van der Waals surface area contributed by atoms with Gasteiger partial charge < -0.3 is 10.4 Å². The predicted octanol–water partition coefficient (Wildman–Crippen LogP) is 3.15. The van der Waals surface area contributed by atoms with Gasteiger partial charge in [-0.25, -0.2) is 9.18 Å². The van der Waals surface area contributed by atoms with Gasteiger partial charge in [-0.1, -0.05) is 0 Å². The number of amides is 1. The molecule has 1 aromatic carbocycles. The zero-order valence-corrected chi connectivity index (χ0v) is 10.8. The fourth-order valence-electron chi connectivity index (χ4n) is 1.59. The maximum Gasteiger partial charge on any atom is 0.337 e. The Kier molecular flexibility index (Phi) is 3.62. The summed E-state index contributed by atoms with van der Waals surface area (Å²) in [6.07, 6.45) is 0. The van der Waals surface area contributed by atoms with E-state index < -0.39 is 17.7 Å². The van der Waals surface area contributed by atoms with Gasteiger partial charge in [0.05, 0.1) is 16.8 Å². The molecule has 0 aliphatic heterocycles. The minimum absolute atomic E-state index is 0.0736. The number of halogens is 1. The average Bonchev–Trinajstić information content (AvgIpc) is 2.77. The van der Waals surface area contributed by atoms with Crippen LogP contribution in [0.1, 0.15) is 26.3 Å². The van der Waals surface area contributed by atoms with Crippen LogP contribution in [0.15, 0.2) is 29.0 Å². The Morgan fingerprint density at radius 2 is 2.00 bits per heavy atom. The second-order valence-corrected chi connectivity index (χ2v) is 4.66. The number of thiophene rings is 1. The maximum atomic E-state index is 13.0. The SMILES string of the molecule is Cc1cscc1C(=O)Nc1ccc(F)cc1C(=O)O. The third-order valence-corrected chi connectivity index (χ3v) is 3.42. The minimum atomic E-state index is -1.29. The quantitative estimate of drug-likeness (QED) is 0.907. The number of carboxylic acid groups (broad SMARTS) is 1. The molecular weight excluding hydrogens is 269 g/mol. The summed E-state index contributed by atoms with van der Waals surface area (Å²) in [5.74, 6) is -2.37. The molecule has 4 nitrogen and oxygen atoms in total. The summed E-state index contributed by atoms with van der Waals surface area (Å²) in [6.45, 7) is 1.79. The van der Waals surface area contributed by atoms with Gasteiger partial charge in [-0.15, -0.1) is 0 Å². The van der Waals surface area contributed by atoms with E-state index in [0.717, 1.165) is 17.7 Å². The van der Waals surface area contributed by atoms with Gasteiger partial charge in [0.25, 0.3) is 5.91 Å². The van der Waals surface area contributed by atoms with E-state index >= 15 is 0 Å². The molecule has 1 heterocycles. The van der Waals surface area contributed by atoms with E-state index in [1.165, 1.54) is 17.4 Å². The van der Waals surface area contributed by atoms with Gasteiger partial charge in [-0.3, -0.25) is 4.79 Å². The first kappa shape index (κ1) is 13.2. The Hall–Kier alpha value is -2.21. The first-order valence-electron chi connectivity index (χ1n) is 5.36. The summed E-state index contributed by atoms with van der Waals surface area (Å²) >= 11 is 1.38. The van der Waals surface area contributed by atoms with Crippen molar-refractivity contribution < 1.29 is 19.1 Å². The fourth-order valence-corrected chi connectivity index (χ4v) is 2.41. The highest BCUT2D eigenvalue weighted by Crippen LogP contribution is 2.20. The van der Waals surface area contributed by atoms with Crippen LogP contribution in [-0.4, -0.2) is 17.0 Å². The van der Waals surface area contributed by atoms with Crippen LogP contribution in [0.25, 0.3) is 0 Å². The van der Waals surface area contributed by atoms with Gasteiger partial charge in [0.15, 0.2) is 0 Å². The monoisotopic (exact) mass is 279 g/mol. The number of benzene rings is 1. The van der Waals surface area contributed by atoms with Crippen molar-refractivity contribution in [3.05, 3.63) is 51.5 Å². The molecule has 0 spiro atoms. The van der Waals surface area contributed by atoms with Crippen LogP contribution in [0.4, 0.5) is 10.1 Å². The molecule has 0 aliphatic carbocycles. The average molecular weight is 279 g/mol. The van der Waals surface area contributed by atoms with Crippen molar-refractivity contribution in [2.75, 3.05) is 5.32 Å². The highest BCUT2D eigenvalue weighted by Gasteiger charge is 2.16. The molecule has 2 N–H and O–H groups in total. The van der Waals surface area contributed by atoms with E-state index in [1.807, 2.05) is 5.38 Å². The number of hydrogen-bond donors (Lipinski definition) is 2. The minimum Gasteiger partial charge on any atom is -0.478 e. The van der Waals surface area contributed by atoms with E-state index in [0.29, 0.717) is 5.56 Å². The number of hydrogen-bond acceptors (Lipinski definition) is 3. The van der Waals surface area contributed by atoms with E-state index in [2.05, 4.69) is 5.32 Å². The molecule has 0 bridgehead atoms. The van der Waals surface area contributed by atoms with Crippen molar-refractivity contribution in [2.45, 2.75) is 6.92 Å². The molecule has 0 atom stereocenters. The second kappa shape index (κ2) is 5.19. The zero-order chi connectivity index (χ0) is 14.0. The standard InChI is InChI=1S/C13H10FNO3S/c1-7-5-19-6-10(7)12(16)15-11-3-2-8(14)4-9(11)13(17)18/h2-6H,1H3,(H,15,16)(H,17,18). The molecule has 0 unspecified atom stereocenters. The van der Waals surface area contributed by atoms with Gasteiger partial charge in [0.2, 0.25) is 0 Å². The number of aromatic carboxylic acids is 1. The lowest BCUT2D eigenvalue weighted by Gasteiger charge is -2.08. The molecule has 0 radical (unpaired) electrons. The Labute approximate surface area is 112 Å². The number of rotatable bonds is 3. The van der Waals surface area contributed by atoms with Gasteiger partial charge in [-0.05, 0) is 36.1 Å². The summed E-state index contributed by atoms with van der Waals surface area (Å²) in [4.78, 5) is 23.0. The highest BCUT2D eigenvalue weighted by atomic mass is 32.1. The van der Waals surface area contributed by atoms with Crippen molar-refractivity contribution in [1.29, 1.82) is 0 Å². The first-order chi connectivity index (χ1) is 8.99. The largest absolute Gasteiger partial charge is 0.478 e. The van der Waals surface area contributed by atoms with Crippen LogP contribution in [0, 0.1) is 12.7 Å². The molecule has 0 aliphatic rings. The van der Waals surface area contributed by atoms with Crippen molar-refractivity contribution in [3.8, 4) is 0 Å². The van der Waals surface area contributed by atoms with Gasteiger partial charge in [-0.2, -0.15) is 11.3 Å². The van der Waals surface area contributed by atoms with Crippen LogP contribution in [0.5, 0.6) is 0 Å². The smallest absolute Gasteiger partial charge is 0.337 e. The van der Waals surface area contributed by atoms with Gasteiger partial charge in [0.1, 0.15) is 5.82 Å². The molecule has 6 heteroatoms. The van der Waals surface area contributed by atoms with Crippen LogP contribution in [-0.2, 0) is 0 Å². The van der Waals surface area contributed by atoms with E-state index in [4.69, 9.17) is 5.11 Å². The molecule has 1 amide bonds. The molecule has 1 aromatic heterocycles. The summed E-state index contributed by atoms with van der Waals surface area (Å²) in [6, 6.07) is 3.21. The summed E-state index contributed by atoms with van der Waals surface area (Å²) in [5, 5.41) is 14.9. The van der Waals surface area contributed by atoms with Gasteiger partial charge in [0, 0.05) is 5.38 Å². The summed E-state index contributed by atoms with van der Waals surface area (Å²) < 4.78 is 13.0. The van der Waals surface area contributed by atoms with E-state index in [-0.39, 0.29) is 11.3 Å². The lowest BCUT2D eigenvalue weighted by Crippen LogP contribution is -2.15. The Morgan fingerprint density at radius 3 is 2.58 bits per heavy atom. The molecule has 19 heavy (non-hydrogen) atoms. The number of carboxylic acids is 1. The predicted molar refractivity (Wildman–Crippen MR) is 70.4 cm³/mol. The lowest BCUT2D eigenvalue weighted by atomic mass is 10.1. The molecule has 2 aromatic rings. The van der Waals surface area contributed by atoms with Crippen molar-refractivity contribution in [2.24, 2.45) is 0 Å². The Balaban J connectivity index is 2.32. The molecule has 0 saturated heterocycles. The number of carbonyl (C=O) groups excluding carboxylic acids is 1. The molecule has 2 rings (SSSR count). The highest BCUT2D eigenvalue weighted by molar-refractivity contribution is 7.08. The Morgan fingerprint density at radius 1 is 1.26 bits per heavy atom. The number of anilines is 1. The van der Waals surface area contributed by atoms with Crippen LogP contribution >= 0.6 is 11.3 Å². The first-order valence-corrected chi connectivity index (χ1v) is 6.30. The molecule has 98 valence electrons. The third-order valence-electron chi connectivity index (χ3n) is 2.56. The van der Waals surface area contributed by atoms with E-state index in [9.17, 15) is 14.0 Å². The summed E-state index contributed by atoms with van der Waals surface area (Å²) in [5.41, 5.74) is 1.08. The van der Waals surface area contributed by atoms with Crippen molar-refractivity contribution in [3.63, 3.8) is 0 Å². The molecular formula is C13H10FNO3S. The summed E-state index contributed by atoms with van der Waals surface area (Å²) in [7, 11) is 0.